The van der Waals surface area contributed by atoms with Crippen LogP contribution in [0.15, 0.2) is 0 Å². The van der Waals surface area contributed by atoms with Crippen molar-refractivity contribution < 1.29 is 18.4 Å². The van der Waals surface area contributed by atoms with E-state index >= 15 is 0 Å². The van der Waals surface area contributed by atoms with E-state index in [2.05, 4.69) is 5.32 Å². The highest BCUT2D eigenvalue weighted by molar-refractivity contribution is 7.41. The van der Waals surface area contributed by atoms with Crippen LogP contribution < -0.4 is 5.32 Å². The molecule has 76 valence electrons. The number of nitrogens with one attached hydrogen (secondary N) is 1. The molecule has 1 heterocycles. The molecular weight excluding hydrogens is 193 g/mol. The zero-order valence-corrected chi connectivity index (χ0v) is 8.51. The summed E-state index contributed by atoms with van der Waals surface area (Å²) in [5.41, 5.74) is 0. The van der Waals surface area contributed by atoms with Crippen LogP contribution in [0.4, 0.5) is 0 Å². The predicted molar refractivity (Wildman–Crippen MR) is 48.1 cm³/mol. The normalized spacial score (nSPS) is 17.6. The van der Waals surface area contributed by atoms with Gasteiger partial charge in [-0.25, -0.2) is 0 Å². The summed E-state index contributed by atoms with van der Waals surface area (Å²) in [6.07, 6.45) is 0.783. The lowest BCUT2D eigenvalue weighted by Crippen LogP contribution is -2.21. The largest absolute Gasteiger partial charge is 0.356 e. The fourth-order valence-corrected chi connectivity index (χ4v) is 1.76. The van der Waals surface area contributed by atoms with E-state index in [-0.39, 0.29) is 5.91 Å². The smallest absolute Gasteiger partial charge is 0.332 e. The first-order valence-electron chi connectivity index (χ1n) is 4.22. The summed E-state index contributed by atoms with van der Waals surface area (Å²) in [7, 11) is -1.09. The molecule has 1 saturated heterocycles. The zero-order valence-electron chi connectivity index (χ0n) is 7.62. The van der Waals surface area contributed by atoms with Crippen LogP contribution in [0.25, 0.3) is 0 Å². The molecule has 0 aromatic heterocycles. The Bertz CT molecular complexity index is 161. The fraction of sp³-hybridized carbons (Fsp3) is 0.857. The van der Waals surface area contributed by atoms with Crippen molar-refractivity contribution in [2.24, 2.45) is 0 Å². The molecule has 0 radical (unpaired) electrons. The summed E-state index contributed by atoms with van der Waals surface area (Å²) in [6.45, 7) is 3.94. The van der Waals surface area contributed by atoms with Crippen molar-refractivity contribution >= 4 is 14.5 Å². The molecule has 1 aliphatic heterocycles. The third-order valence-corrected chi connectivity index (χ3v) is 2.55. The average molecular weight is 207 g/mol. The van der Waals surface area contributed by atoms with Gasteiger partial charge in [-0.3, -0.25) is 4.79 Å². The number of amides is 1. The summed E-state index contributed by atoms with van der Waals surface area (Å²) in [5, 5.41) is 2.68. The van der Waals surface area contributed by atoms with Crippen molar-refractivity contribution in [3.8, 4) is 0 Å². The van der Waals surface area contributed by atoms with E-state index in [0.717, 1.165) is 6.42 Å². The van der Waals surface area contributed by atoms with Crippen LogP contribution in [0, 0.1) is 0 Å². The van der Waals surface area contributed by atoms with E-state index in [1.54, 1.807) is 0 Å². The first-order chi connectivity index (χ1) is 6.29. The van der Waals surface area contributed by atoms with E-state index in [1.165, 1.54) is 6.92 Å². The minimum Gasteiger partial charge on any atom is -0.356 e. The number of carbonyl (C=O) groups is 1. The first-order valence-corrected chi connectivity index (χ1v) is 5.32. The second-order valence-electron chi connectivity index (χ2n) is 2.56. The molecule has 1 fully saturated rings. The fourth-order valence-electron chi connectivity index (χ4n) is 0.811. The molecule has 0 aliphatic carbocycles. The van der Waals surface area contributed by atoms with E-state index in [1.807, 2.05) is 0 Å². The Morgan fingerprint density at radius 1 is 1.54 bits per heavy atom. The number of carbonyl (C=O) groups excluding carboxylic acids is 1. The van der Waals surface area contributed by atoms with Crippen LogP contribution in [-0.4, -0.2) is 32.3 Å². The molecule has 0 unspecified atom stereocenters. The van der Waals surface area contributed by atoms with Crippen LogP contribution in [0.1, 0.15) is 13.3 Å². The Hall–Kier alpha value is -0.220. The molecule has 5 nitrogen and oxygen atoms in total. The predicted octanol–water partition coefficient (Wildman–Crippen LogP) is 0.803. The Balaban J connectivity index is 1.86. The summed E-state index contributed by atoms with van der Waals surface area (Å²) in [5.74, 6) is -0.0147. The topological polar surface area (TPSA) is 56.8 Å². The van der Waals surface area contributed by atoms with Gasteiger partial charge in [-0.1, -0.05) is 0 Å². The SMILES string of the molecule is CC(=O)NCCCOP1OCCO1. The lowest BCUT2D eigenvalue weighted by molar-refractivity contribution is -0.118. The van der Waals surface area contributed by atoms with Gasteiger partial charge in [0.2, 0.25) is 5.91 Å². The molecular formula is C7H14NO4P. The maximum absolute atomic E-state index is 10.5. The minimum atomic E-state index is -1.09. The maximum Gasteiger partial charge on any atom is 0.332 e. The van der Waals surface area contributed by atoms with Gasteiger partial charge in [0.1, 0.15) is 0 Å². The number of hydrogen-bond donors (Lipinski definition) is 1. The van der Waals surface area contributed by atoms with Gasteiger partial charge in [0.15, 0.2) is 0 Å². The van der Waals surface area contributed by atoms with Crippen molar-refractivity contribution in [3.05, 3.63) is 0 Å². The Morgan fingerprint density at radius 2 is 2.23 bits per heavy atom. The van der Waals surface area contributed by atoms with E-state index in [0.29, 0.717) is 26.4 Å². The van der Waals surface area contributed by atoms with Crippen LogP contribution in [0.2, 0.25) is 0 Å². The van der Waals surface area contributed by atoms with Gasteiger partial charge >= 0.3 is 8.60 Å². The average Bonchev–Trinajstić information content (AvgIpc) is 2.55. The Morgan fingerprint density at radius 3 is 2.85 bits per heavy atom. The molecule has 0 saturated carbocycles. The summed E-state index contributed by atoms with van der Waals surface area (Å²) in [4.78, 5) is 10.5. The Labute approximate surface area is 78.7 Å². The molecule has 1 rings (SSSR count). The van der Waals surface area contributed by atoms with Gasteiger partial charge in [-0.05, 0) is 6.42 Å². The molecule has 1 aliphatic rings. The first kappa shape index (κ1) is 10.9. The summed E-state index contributed by atoms with van der Waals surface area (Å²) < 4.78 is 15.5. The second-order valence-corrected chi connectivity index (χ2v) is 3.78. The molecule has 13 heavy (non-hydrogen) atoms. The summed E-state index contributed by atoms with van der Waals surface area (Å²) in [6, 6.07) is 0. The highest BCUT2D eigenvalue weighted by Crippen LogP contribution is 2.43. The van der Waals surface area contributed by atoms with Gasteiger partial charge in [-0.2, -0.15) is 0 Å². The molecule has 0 atom stereocenters. The van der Waals surface area contributed by atoms with Gasteiger partial charge in [0, 0.05) is 13.5 Å². The van der Waals surface area contributed by atoms with E-state index in [9.17, 15) is 4.79 Å². The number of rotatable bonds is 5. The Kier molecular flexibility index (Phi) is 5.23. The molecule has 0 bridgehead atoms. The molecule has 0 aromatic rings. The second kappa shape index (κ2) is 6.27. The van der Waals surface area contributed by atoms with Gasteiger partial charge < -0.3 is 18.9 Å². The molecule has 0 spiro atoms. The van der Waals surface area contributed by atoms with Crippen LogP contribution in [0.5, 0.6) is 0 Å². The quantitative estimate of drug-likeness (QED) is 0.535. The third kappa shape index (κ3) is 5.16. The zero-order chi connectivity index (χ0) is 9.52. The van der Waals surface area contributed by atoms with Crippen molar-refractivity contribution in [2.75, 3.05) is 26.4 Å². The van der Waals surface area contributed by atoms with E-state index in [4.69, 9.17) is 13.6 Å². The van der Waals surface area contributed by atoms with Crippen molar-refractivity contribution in [1.29, 1.82) is 0 Å². The molecule has 1 N–H and O–H groups in total. The third-order valence-electron chi connectivity index (χ3n) is 1.37. The number of hydrogen-bond acceptors (Lipinski definition) is 4. The van der Waals surface area contributed by atoms with Crippen molar-refractivity contribution in [3.63, 3.8) is 0 Å². The van der Waals surface area contributed by atoms with Gasteiger partial charge in [0.25, 0.3) is 0 Å². The minimum absolute atomic E-state index is 0.0147. The van der Waals surface area contributed by atoms with Crippen molar-refractivity contribution in [2.45, 2.75) is 13.3 Å². The lowest BCUT2D eigenvalue weighted by atomic mass is 10.4. The standard InChI is InChI=1S/C7H14NO4P/c1-7(9)8-3-2-4-10-13-11-5-6-12-13/h2-6H2,1H3,(H,8,9). The molecule has 0 aromatic carbocycles. The molecule has 1 amide bonds. The maximum atomic E-state index is 10.5. The van der Waals surface area contributed by atoms with Crippen LogP contribution in [0.3, 0.4) is 0 Å². The van der Waals surface area contributed by atoms with Crippen molar-refractivity contribution in [1.82, 2.24) is 5.32 Å². The van der Waals surface area contributed by atoms with Crippen LogP contribution in [-0.2, 0) is 18.4 Å². The monoisotopic (exact) mass is 207 g/mol. The lowest BCUT2D eigenvalue weighted by Gasteiger charge is -2.07. The van der Waals surface area contributed by atoms with E-state index < -0.39 is 8.60 Å². The highest BCUT2D eigenvalue weighted by Gasteiger charge is 2.17. The molecule has 6 heteroatoms. The highest BCUT2D eigenvalue weighted by atomic mass is 31.2. The van der Waals surface area contributed by atoms with Gasteiger partial charge in [0.05, 0.1) is 19.8 Å². The van der Waals surface area contributed by atoms with Crippen LogP contribution >= 0.6 is 8.60 Å². The van der Waals surface area contributed by atoms with Gasteiger partial charge in [-0.15, -0.1) is 0 Å². The summed E-state index contributed by atoms with van der Waals surface area (Å²) >= 11 is 0.